The number of ketones is 1. The van der Waals surface area contributed by atoms with Gasteiger partial charge in [0.05, 0.1) is 0 Å². The zero-order chi connectivity index (χ0) is 12.9. The molecule has 0 aliphatic heterocycles. The first-order chi connectivity index (χ1) is 8.50. The van der Waals surface area contributed by atoms with E-state index in [4.69, 9.17) is 0 Å². The van der Waals surface area contributed by atoms with Crippen molar-refractivity contribution in [1.82, 2.24) is 5.32 Å². The summed E-state index contributed by atoms with van der Waals surface area (Å²) in [6, 6.07) is 0.468. The van der Waals surface area contributed by atoms with Crippen molar-refractivity contribution >= 4 is 5.78 Å². The lowest BCUT2D eigenvalue weighted by atomic mass is 9.94. The summed E-state index contributed by atoms with van der Waals surface area (Å²) < 4.78 is 0. The highest BCUT2D eigenvalue weighted by Crippen LogP contribution is 2.63. The van der Waals surface area contributed by atoms with Crippen molar-refractivity contribution in [2.45, 2.75) is 58.9 Å². The maximum absolute atomic E-state index is 11.4. The summed E-state index contributed by atoms with van der Waals surface area (Å²) in [6.45, 7) is 7.00. The van der Waals surface area contributed by atoms with Crippen LogP contribution < -0.4 is 5.32 Å². The molecule has 0 aromatic heterocycles. The largest absolute Gasteiger partial charge is 0.382 e. The number of fused-ring (bicyclic) bond motifs is 1. The Bertz CT molecular complexity index is 456. The van der Waals surface area contributed by atoms with Crippen molar-refractivity contribution in [2.24, 2.45) is 11.3 Å². The van der Waals surface area contributed by atoms with Crippen LogP contribution >= 0.6 is 0 Å². The highest BCUT2D eigenvalue weighted by Gasteiger charge is 2.55. The Kier molecular flexibility index (Phi) is 2.65. The molecule has 0 unspecified atom stereocenters. The van der Waals surface area contributed by atoms with E-state index in [9.17, 15) is 4.79 Å². The molecule has 0 aromatic rings. The molecule has 1 fully saturated rings. The predicted molar refractivity (Wildman–Crippen MR) is 73.1 cm³/mol. The Morgan fingerprint density at radius 2 is 2.06 bits per heavy atom. The first-order valence-electron chi connectivity index (χ1n) is 7.21. The quantitative estimate of drug-likeness (QED) is 0.756. The van der Waals surface area contributed by atoms with Crippen LogP contribution in [-0.4, -0.2) is 11.8 Å². The molecule has 2 atom stereocenters. The lowest BCUT2D eigenvalue weighted by Crippen LogP contribution is -2.32. The van der Waals surface area contributed by atoms with Crippen molar-refractivity contribution in [1.29, 1.82) is 0 Å². The standard InChI is InChI=1S/C16H23NO/c1-10-14(8-7-13-15(10)16(13,2)3)17-11-5-4-6-12(18)9-11/h9,13-14,17H,4-8H2,1-3H3/t13-,14-/m0/s1. The third kappa shape index (κ3) is 1.82. The molecule has 3 aliphatic rings. The van der Waals surface area contributed by atoms with E-state index >= 15 is 0 Å². The lowest BCUT2D eigenvalue weighted by Gasteiger charge is -2.26. The van der Waals surface area contributed by atoms with Gasteiger partial charge in [0.2, 0.25) is 0 Å². The molecule has 98 valence electrons. The number of hydrogen-bond acceptors (Lipinski definition) is 2. The monoisotopic (exact) mass is 245 g/mol. The molecule has 0 radical (unpaired) electrons. The van der Waals surface area contributed by atoms with E-state index in [1.807, 2.05) is 6.08 Å². The molecule has 2 heteroatoms. The fraction of sp³-hybridized carbons (Fsp3) is 0.688. The van der Waals surface area contributed by atoms with Gasteiger partial charge in [0.1, 0.15) is 0 Å². The summed E-state index contributed by atoms with van der Waals surface area (Å²) in [5.41, 5.74) is 4.81. The smallest absolute Gasteiger partial charge is 0.157 e. The molecule has 0 aromatic carbocycles. The molecule has 0 heterocycles. The van der Waals surface area contributed by atoms with Gasteiger partial charge in [-0.15, -0.1) is 0 Å². The van der Waals surface area contributed by atoms with Crippen molar-refractivity contribution < 1.29 is 4.79 Å². The van der Waals surface area contributed by atoms with Crippen LogP contribution in [0.15, 0.2) is 22.9 Å². The van der Waals surface area contributed by atoms with E-state index in [1.54, 1.807) is 5.57 Å². The minimum absolute atomic E-state index is 0.287. The normalized spacial score (nSPS) is 33.9. The van der Waals surface area contributed by atoms with Crippen LogP contribution in [0.2, 0.25) is 0 Å². The van der Waals surface area contributed by atoms with Gasteiger partial charge in [0.25, 0.3) is 0 Å². The van der Waals surface area contributed by atoms with Gasteiger partial charge >= 0.3 is 0 Å². The van der Waals surface area contributed by atoms with Crippen molar-refractivity contribution in [3.63, 3.8) is 0 Å². The predicted octanol–water partition coefficient (Wildman–Crippen LogP) is 3.35. The van der Waals surface area contributed by atoms with Crippen LogP contribution in [0.4, 0.5) is 0 Å². The molecule has 1 saturated carbocycles. The van der Waals surface area contributed by atoms with Crippen LogP contribution in [0.3, 0.4) is 0 Å². The molecular formula is C16H23NO. The zero-order valence-electron chi connectivity index (χ0n) is 11.7. The van der Waals surface area contributed by atoms with Crippen LogP contribution in [0.25, 0.3) is 0 Å². The number of hydrogen-bond donors (Lipinski definition) is 1. The average Bonchev–Trinajstić information content (AvgIpc) is 2.86. The fourth-order valence-corrected chi connectivity index (χ4v) is 3.97. The molecule has 0 amide bonds. The summed E-state index contributed by atoms with van der Waals surface area (Å²) in [4.78, 5) is 11.4. The lowest BCUT2D eigenvalue weighted by molar-refractivity contribution is -0.115. The molecule has 18 heavy (non-hydrogen) atoms. The van der Waals surface area contributed by atoms with E-state index in [0.29, 0.717) is 11.5 Å². The summed E-state index contributed by atoms with van der Waals surface area (Å²) >= 11 is 0. The van der Waals surface area contributed by atoms with Crippen LogP contribution in [0, 0.1) is 11.3 Å². The Balaban J connectivity index is 1.75. The molecule has 3 aliphatic carbocycles. The molecular weight excluding hydrogens is 222 g/mol. The van der Waals surface area contributed by atoms with Gasteiger partial charge in [-0.2, -0.15) is 0 Å². The second-order valence-electron chi connectivity index (χ2n) is 6.63. The molecule has 3 rings (SSSR count). The molecule has 2 nitrogen and oxygen atoms in total. The topological polar surface area (TPSA) is 29.1 Å². The fourth-order valence-electron chi connectivity index (χ4n) is 3.97. The van der Waals surface area contributed by atoms with Crippen molar-refractivity contribution in [2.75, 3.05) is 0 Å². The molecule has 1 N–H and O–H groups in total. The third-order valence-corrected chi connectivity index (χ3v) is 5.09. The zero-order valence-corrected chi connectivity index (χ0v) is 11.7. The van der Waals surface area contributed by atoms with Gasteiger partial charge in [-0.25, -0.2) is 0 Å². The van der Waals surface area contributed by atoms with Crippen LogP contribution in [0.1, 0.15) is 52.9 Å². The summed E-state index contributed by atoms with van der Waals surface area (Å²) in [6.07, 6.45) is 7.12. The summed E-state index contributed by atoms with van der Waals surface area (Å²) in [5.74, 6) is 1.12. The van der Waals surface area contributed by atoms with Gasteiger partial charge in [0, 0.05) is 24.2 Å². The number of rotatable bonds is 2. The molecule has 0 spiro atoms. The number of carbonyl (C=O) groups is 1. The minimum Gasteiger partial charge on any atom is -0.382 e. The van der Waals surface area contributed by atoms with E-state index in [-0.39, 0.29) is 5.78 Å². The van der Waals surface area contributed by atoms with Gasteiger partial charge < -0.3 is 5.32 Å². The van der Waals surface area contributed by atoms with E-state index in [1.165, 1.54) is 18.4 Å². The first kappa shape index (κ1) is 12.0. The third-order valence-electron chi connectivity index (χ3n) is 5.09. The molecule has 0 saturated heterocycles. The Hall–Kier alpha value is -1.05. The number of allylic oxidation sites excluding steroid dienone is 3. The van der Waals surface area contributed by atoms with Crippen LogP contribution in [-0.2, 0) is 4.79 Å². The second-order valence-corrected chi connectivity index (χ2v) is 6.63. The maximum Gasteiger partial charge on any atom is 0.157 e. The number of carbonyl (C=O) groups excluding carboxylic acids is 1. The minimum atomic E-state index is 0.287. The van der Waals surface area contributed by atoms with Crippen molar-refractivity contribution in [3.8, 4) is 0 Å². The van der Waals surface area contributed by atoms with E-state index < -0.39 is 0 Å². The summed E-state index contributed by atoms with van der Waals surface area (Å²) in [5, 5.41) is 3.62. The second kappa shape index (κ2) is 3.97. The molecule has 0 bridgehead atoms. The Morgan fingerprint density at radius 1 is 1.28 bits per heavy atom. The Labute approximate surface area is 110 Å². The highest BCUT2D eigenvalue weighted by molar-refractivity contribution is 5.91. The first-order valence-corrected chi connectivity index (χ1v) is 7.21. The summed E-state index contributed by atoms with van der Waals surface area (Å²) in [7, 11) is 0. The van der Waals surface area contributed by atoms with Gasteiger partial charge in [0.15, 0.2) is 5.78 Å². The highest BCUT2D eigenvalue weighted by atomic mass is 16.1. The van der Waals surface area contributed by atoms with Gasteiger partial charge in [-0.3, -0.25) is 4.79 Å². The van der Waals surface area contributed by atoms with Gasteiger partial charge in [-0.05, 0) is 43.9 Å². The van der Waals surface area contributed by atoms with Crippen molar-refractivity contribution in [3.05, 3.63) is 22.9 Å². The average molecular weight is 245 g/mol. The maximum atomic E-state index is 11.4. The number of nitrogens with one attached hydrogen (secondary N) is 1. The van der Waals surface area contributed by atoms with E-state index in [0.717, 1.165) is 30.9 Å². The van der Waals surface area contributed by atoms with E-state index in [2.05, 4.69) is 26.1 Å². The SMILES string of the molecule is CC1=C2[C@H](CC[C@@H]1NC1=CC(=O)CCC1)C2(C)C. The van der Waals surface area contributed by atoms with Crippen LogP contribution in [0.5, 0.6) is 0 Å². The Morgan fingerprint density at radius 3 is 2.78 bits per heavy atom. The van der Waals surface area contributed by atoms with Gasteiger partial charge in [-0.1, -0.05) is 25.0 Å².